The van der Waals surface area contributed by atoms with E-state index >= 15 is 0 Å². The highest BCUT2D eigenvalue weighted by atomic mass is 32.2. The Morgan fingerprint density at radius 1 is 1.33 bits per heavy atom. The fourth-order valence-electron chi connectivity index (χ4n) is 1.50. The van der Waals surface area contributed by atoms with Crippen LogP contribution in [0.4, 0.5) is 4.39 Å². The maximum absolute atomic E-state index is 13.2. The van der Waals surface area contributed by atoms with Crippen molar-refractivity contribution in [3.63, 3.8) is 0 Å². The molecule has 0 heterocycles. The summed E-state index contributed by atoms with van der Waals surface area (Å²) in [6.07, 6.45) is 0. The van der Waals surface area contributed by atoms with Gasteiger partial charge in [0.05, 0.1) is 24.1 Å². The Bertz CT molecular complexity index is 645. The Labute approximate surface area is 121 Å². The van der Waals surface area contributed by atoms with Crippen molar-refractivity contribution in [3.8, 4) is 0 Å². The Balaban J connectivity index is 3.10. The molecule has 0 aliphatic carbocycles. The van der Waals surface area contributed by atoms with Gasteiger partial charge in [0.25, 0.3) is 0 Å². The molecule has 0 radical (unpaired) electrons. The van der Waals surface area contributed by atoms with Gasteiger partial charge in [-0.15, -0.1) is 0 Å². The monoisotopic (exact) mass is 318 g/mol. The number of benzene rings is 1. The van der Waals surface area contributed by atoms with Gasteiger partial charge in [-0.3, -0.25) is 4.79 Å². The van der Waals surface area contributed by atoms with Crippen molar-refractivity contribution >= 4 is 21.9 Å². The molecule has 0 spiro atoms. The number of amides is 1. The summed E-state index contributed by atoms with van der Waals surface area (Å²) in [7, 11) is -3.16. The van der Waals surface area contributed by atoms with Crippen LogP contribution >= 0.6 is 0 Å². The molecule has 1 aromatic rings. The molecule has 1 rings (SSSR count). The molecular formula is C12H15FN2O5S. The first-order valence-electron chi connectivity index (χ1n) is 5.96. The maximum atomic E-state index is 13.2. The molecule has 0 atom stereocenters. The number of esters is 1. The zero-order valence-electron chi connectivity index (χ0n) is 11.5. The number of nitrogens with one attached hydrogen (secondary N) is 2. The maximum Gasteiger partial charge on any atom is 0.339 e. The van der Waals surface area contributed by atoms with Crippen LogP contribution in [0.5, 0.6) is 0 Å². The van der Waals surface area contributed by atoms with Crippen LogP contribution < -0.4 is 10.0 Å². The van der Waals surface area contributed by atoms with Crippen LogP contribution in [-0.2, 0) is 19.6 Å². The Morgan fingerprint density at radius 2 is 2.00 bits per heavy atom. The summed E-state index contributed by atoms with van der Waals surface area (Å²) in [5, 5.41) is 2.40. The lowest BCUT2D eigenvalue weighted by Gasteiger charge is -2.10. The number of carbonyl (C=O) groups excluding carboxylic acids is 2. The fourth-order valence-corrected chi connectivity index (χ4v) is 2.68. The first-order chi connectivity index (χ1) is 9.81. The minimum Gasteiger partial charge on any atom is -0.465 e. The third kappa shape index (κ3) is 4.50. The van der Waals surface area contributed by atoms with Gasteiger partial charge >= 0.3 is 5.97 Å². The molecule has 9 heteroatoms. The van der Waals surface area contributed by atoms with Gasteiger partial charge in [0, 0.05) is 6.54 Å². The number of halogens is 1. The van der Waals surface area contributed by atoms with E-state index in [0.29, 0.717) is 12.6 Å². The van der Waals surface area contributed by atoms with Crippen LogP contribution in [0.25, 0.3) is 0 Å². The first kappa shape index (κ1) is 17.1. The standard InChI is InChI=1S/C12H15FN2O5S/c1-3-14-11(16)7-15-21(18,19)10-6-8(13)4-5-9(10)12(17)20-2/h4-6,15H,3,7H2,1-2H3,(H,14,16). The summed E-state index contributed by atoms with van der Waals surface area (Å²) >= 11 is 0. The van der Waals surface area contributed by atoms with Gasteiger partial charge < -0.3 is 10.1 Å². The minimum atomic E-state index is -4.23. The molecule has 1 amide bonds. The average Bonchev–Trinajstić information content (AvgIpc) is 2.44. The van der Waals surface area contributed by atoms with E-state index in [-0.39, 0.29) is 5.56 Å². The van der Waals surface area contributed by atoms with Crippen molar-refractivity contribution < 1.29 is 27.1 Å². The number of likely N-dealkylation sites (N-methyl/N-ethyl adjacent to an activating group) is 1. The third-order valence-electron chi connectivity index (χ3n) is 2.44. The van der Waals surface area contributed by atoms with E-state index in [2.05, 4.69) is 10.1 Å². The van der Waals surface area contributed by atoms with Crippen molar-refractivity contribution in [2.75, 3.05) is 20.2 Å². The number of ether oxygens (including phenoxy) is 1. The molecule has 2 N–H and O–H groups in total. The summed E-state index contributed by atoms with van der Waals surface area (Å²) in [6.45, 7) is 1.50. The topological polar surface area (TPSA) is 102 Å². The molecule has 0 bridgehead atoms. The van der Waals surface area contributed by atoms with E-state index < -0.39 is 39.2 Å². The van der Waals surface area contributed by atoms with Crippen LogP contribution in [0.15, 0.2) is 23.1 Å². The minimum absolute atomic E-state index is 0.317. The fraction of sp³-hybridized carbons (Fsp3) is 0.333. The van der Waals surface area contributed by atoms with E-state index in [9.17, 15) is 22.4 Å². The number of sulfonamides is 1. The van der Waals surface area contributed by atoms with Gasteiger partial charge in [-0.05, 0) is 25.1 Å². The predicted molar refractivity (Wildman–Crippen MR) is 71.6 cm³/mol. The Morgan fingerprint density at radius 3 is 2.57 bits per heavy atom. The summed E-state index contributed by atoms with van der Waals surface area (Å²) in [4.78, 5) is 22.2. The van der Waals surface area contributed by atoms with Gasteiger partial charge in [-0.2, -0.15) is 0 Å². The Kier molecular flexibility index (Phi) is 5.79. The summed E-state index contributed by atoms with van der Waals surface area (Å²) in [5.41, 5.74) is -0.317. The molecule has 0 aromatic heterocycles. The van der Waals surface area contributed by atoms with E-state index in [1.807, 2.05) is 4.72 Å². The van der Waals surface area contributed by atoms with Gasteiger partial charge in [-0.1, -0.05) is 0 Å². The lowest BCUT2D eigenvalue weighted by atomic mass is 10.2. The van der Waals surface area contributed by atoms with Crippen LogP contribution in [0.3, 0.4) is 0 Å². The molecule has 0 aliphatic rings. The lowest BCUT2D eigenvalue weighted by molar-refractivity contribution is -0.119. The van der Waals surface area contributed by atoms with Crippen LogP contribution in [-0.4, -0.2) is 40.5 Å². The zero-order chi connectivity index (χ0) is 16.0. The van der Waals surface area contributed by atoms with Crippen LogP contribution in [0.1, 0.15) is 17.3 Å². The predicted octanol–water partition coefficient (Wildman–Crippen LogP) is 0.0267. The van der Waals surface area contributed by atoms with Crippen molar-refractivity contribution in [1.82, 2.24) is 10.0 Å². The van der Waals surface area contributed by atoms with Crippen LogP contribution in [0.2, 0.25) is 0 Å². The molecule has 7 nitrogen and oxygen atoms in total. The molecule has 0 fully saturated rings. The van der Waals surface area contributed by atoms with E-state index in [0.717, 1.165) is 19.2 Å². The van der Waals surface area contributed by atoms with Crippen molar-refractivity contribution in [1.29, 1.82) is 0 Å². The number of carbonyl (C=O) groups is 2. The van der Waals surface area contributed by atoms with E-state index in [1.165, 1.54) is 0 Å². The summed E-state index contributed by atoms with van der Waals surface area (Å²) in [6, 6.07) is 2.63. The van der Waals surface area contributed by atoms with Crippen molar-refractivity contribution in [2.24, 2.45) is 0 Å². The molecule has 0 unspecified atom stereocenters. The van der Waals surface area contributed by atoms with Gasteiger partial charge in [-0.25, -0.2) is 22.3 Å². The molecule has 21 heavy (non-hydrogen) atoms. The smallest absolute Gasteiger partial charge is 0.339 e. The first-order valence-corrected chi connectivity index (χ1v) is 7.44. The zero-order valence-corrected chi connectivity index (χ0v) is 12.3. The van der Waals surface area contributed by atoms with Crippen LogP contribution in [0, 0.1) is 5.82 Å². The van der Waals surface area contributed by atoms with E-state index in [4.69, 9.17) is 0 Å². The number of hydrogen-bond donors (Lipinski definition) is 2. The van der Waals surface area contributed by atoms with E-state index in [1.54, 1.807) is 6.92 Å². The number of rotatable bonds is 6. The third-order valence-corrected chi connectivity index (χ3v) is 3.88. The molecule has 0 aliphatic heterocycles. The lowest BCUT2D eigenvalue weighted by Crippen LogP contribution is -2.37. The normalized spacial score (nSPS) is 11.0. The van der Waals surface area contributed by atoms with Crippen molar-refractivity contribution in [3.05, 3.63) is 29.6 Å². The molecule has 1 aromatic carbocycles. The molecule has 0 saturated carbocycles. The van der Waals surface area contributed by atoms with Gasteiger partial charge in [0.2, 0.25) is 15.9 Å². The second-order valence-electron chi connectivity index (χ2n) is 3.91. The number of methoxy groups -OCH3 is 1. The van der Waals surface area contributed by atoms with Gasteiger partial charge in [0.1, 0.15) is 5.82 Å². The highest BCUT2D eigenvalue weighted by Gasteiger charge is 2.24. The SMILES string of the molecule is CCNC(=O)CNS(=O)(=O)c1cc(F)ccc1C(=O)OC. The quantitative estimate of drug-likeness (QED) is 0.720. The summed E-state index contributed by atoms with van der Waals surface area (Å²) in [5.74, 6) is -2.30. The average molecular weight is 318 g/mol. The largest absolute Gasteiger partial charge is 0.465 e. The molecular weight excluding hydrogens is 303 g/mol. The van der Waals surface area contributed by atoms with Gasteiger partial charge in [0.15, 0.2) is 0 Å². The second-order valence-corrected chi connectivity index (χ2v) is 5.65. The molecule has 0 saturated heterocycles. The highest BCUT2D eigenvalue weighted by Crippen LogP contribution is 2.18. The highest BCUT2D eigenvalue weighted by molar-refractivity contribution is 7.89. The molecule has 116 valence electrons. The van der Waals surface area contributed by atoms with Crippen molar-refractivity contribution in [2.45, 2.75) is 11.8 Å². The summed E-state index contributed by atoms with van der Waals surface area (Å²) < 4.78 is 43.8. The second kappa shape index (κ2) is 7.14. The Hall–Kier alpha value is -2.00. The number of hydrogen-bond acceptors (Lipinski definition) is 5.